The van der Waals surface area contributed by atoms with Crippen molar-refractivity contribution in [2.75, 3.05) is 59.6 Å². The minimum atomic E-state index is -0.202. The van der Waals surface area contributed by atoms with E-state index in [0.717, 1.165) is 37.2 Å². The van der Waals surface area contributed by atoms with Crippen LogP contribution in [0.4, 0.5) is 0 Å². The van der Waals surface area contributed by atoms with Gasteiger partial charge in [0.2, 0.25) is 0 Å². The van der Waals surface area contributed by atoms with Gasteiger partial charge in [0.15, 0.2) is 17.3 Å². The largest absolute Gasteiger partial charge is 0.493 e. The number of piperidine rings is 2. The molecule has 0 atom stereocenters. The lowest BCUT2D eigenvalue weighted by molar-refractivity contribution is 0.203. The number of hydrogen-bond acceptors (Lipinski definition) is 9. The van der Waals surface area contributed by atoms with Gasteiger partial charge in [0.1, 0.15) is 18.4 Å². The SMILES string of the molecule is COc1cc2c(-n3cnc4cc(OCCCN5CCCCC5)c(C)cc4c3=O)ncnc2cc1OCCCN1CCCCC1. The Morgan fingerprint density at radius 3 is 1.98 bits per heavy atom. The Kier molecular flexibility index (Phi) is 9.87. The molecular weight excluding hydrogens is 556 g/mol. The maximum absolute atomic E-state index is 13.8. The molecule has 0 aliphatic carbocycles. The number of likely N-dealkylation sites (tertiary alicyclic amines) is 2. The van der Waals surface area contributed by atoms with Crippen LogP contribution in [0.3, 0.4) is 0 Å². The van der Waals surface area contributed by atoms with Crippen LogP contribution in [-0.4, -0.2) is 88.9 Å². The molecule has 2 aromatic heterocycles. The van der Waals surface area contributed by atoms with E-state index in [1.807, 2.05) is 31.2 Å². The molecule has 10 nitrogen and oxygen atoms in total. The third kappa shape index (κ3) is 6.97. The monoisotopic (exact) mass is 600 g/mol. The molecule has 4 heterocycles. The summed E-state index contributed by atoms with van der Waals surface area (Å²) in [4.78, 5) is 32.4. The summed E-state index contributed by atoms with van der Waals surface area (Å²) in [6.45, 7) is 10.0. The molecule has 6 rings (SSSR count). The number of rotatable bonds is 12. The van der Waals surface area contributed by atoms with E-state index in [4.69, 9.17) is 14.2 Å². The summed E-state index contributed by atoms with van der Waals surface area (Å²) in [6, 6.07) is 7.43. The van der Waals surface area contributed by atoms with Crippen LogP contribution in [0.2, 0.25) is 0 Å². The zero-order valence-electron chi connectivity index (χ0n) is 26.1. The van der Waals surface area contributed by atoms with E-state index in [9.17, 15) is 4.79 Å². The summed E-state index contributed by atoms with van der Waals surface area (Å²) >= 11 is 0. The number of hydrogen-bond donors (Lipinski definition) is 0. The molecule has 0 saturated carbocycles. The third-order valence-corrected chi connectivity index (χ3v) is 8.83. The number of ether oxygens (including phenoxy) is 3. The quantitative estimate of drug-likeness (QED) is 0.205. The molecule has 0 unspecified atom stereocenters. The highest BCUT2D eigenvalue weighted by atomic mass is 16.5. The van der Waals surface area contributed by atoms with E-state index in [-0.39, 0.29) is 5.56 Å². The third-order valence-electron chi connectivity index (χ3n) is 8.83. The van der Waals surface area contributed by atoms with Gasteiger partial charge < -0.3 is 24.0 Å². The number of nitrogens with zero attached hydrogens (tertiary/aromatic N) is 6. The summed E-state index contributed by atoms with van der Waals surface area (Å²) in [6.07, 6.45) is 12.7. The van der Waals surface area contributed by atoms with Crippen molar-refractivity contribution < 1.29 is 14.2 Å². The average molecular weight is 601 g/mol. The lowest BCUT2D eigenvalue weighted by Gasteiger charge is -2.26. The molecule has 2 saturated heterocycles. The summed E-state index contributed by atoms with van der Waals surface area (Å²) in [5.41, 5.74) is 1.97. The summed E-state index contributed by atoms with van der Waals surface area (Å²) in [5, 5.41) is 1.19. The summed E-state index contributed by atoms with van der Waals surface area (Å²) in [7, 11) is 1.62. The van der Waals surface area contributed by atoms with Crippen molar-refractivity contribution in [2.24, 2.45) is 0 Å². The van der Waals surface area contributed by atoms with Gasteiger partial charge in [-0.1, -0.05) is 12.8 Å². The fraction of sp³-hybridized carbons (Fsp3) is 0.529. The average Bonchev–Trinajstić information content (AvgIpc) is 3.06. The van der Waals surface area contributed by atoms with E-state index in [1.54, 1.807) is 7.11 Å². The molecule has 2 aliphatic rings. The first-order chi connectivity index (χ1) is 21.6. The molecule has 0 bridgehead atoms. The van der Waals surface area contributed by atoms with E-state index < -0.39 is 0 Å². The van der Waals surface area contributed by atoms with Crippen molar-refractivity contribution in [2.45, 2.75) is 58.3 Å². The molecule has 234 valence electrons. The first-order valence-corrected chi connectivity index (χ1v) is 16.2. The second kappa shape index (κ2) is 14.3. The van der Waals surface area contributed by atoms with Gasteiger partial charge in [0.05, 0.1) is 36.7 Å². The van der Waals surface area contributed by atoms with Crippen LogP contribution in [0.25, 0.3) is 27.6 Å². The highest BCUT2D eigenvalue weighted by molar-refractivity contribution is 5.89. The molecule has 0 amide bonds. The minimum absolute atomic E-state index is 0.202. The molecule has 0 spiro atoms. The van der Waals surface area contributed by atoms with Crippen LogP contribution >= 0.6 is 0 Å². The Balaban J connectivity index is 1.18. The maximum Gasteiger partial charge on any atom is 0.266 e. The van der Waals surface area contributed by atoms with Gasteiger partial charge in [-0.25, -0.2) is 19.5 Å². The zero-order valence-corrected chi connectivity index (χ0v) is 26.1. The van der Waals surface area contributed by atoms with Gasteiger partial charge in [0.25, 0.3) is 5.56 Å². The van der Waals surface area contributed by atoms with Crippen LogP contribution in [0.1, 0.15) is 56.9 Å². The Morgan fingerprint density at radius 2 is 1.32 bits per heavy atom. The first kappa shape index (κ1) is 30.3. The fourth-order valence-corrected chi connectivity index (χ4v) is 6.39. The van der Waals surface area contributed by atoms with Crippen molar-refractivity contribution in [3.8, 4) is 23.1 Å². The van der Waals surface area contributed by atoms with Crippen LogP contribution in [0.5, 0.6) is 17.2 Å². The van der Waals surface area contributed by atoms with Gasteiger partial charge in [0, 0.05) is 30.6 Å². The van der Waals surface area contributed by atoms with E-state index in [2.05, 4.69) is 24.8 Å². The van der Waals surface area contributed by atoms with Crippen LogP contribution in [0.15, 0.2) is 41.7 Å². The number of fused-ring (bicyclic) bond motifs is 2. The lowest BCUT2D eigenvalue weighted by Crippen LogP contribution is -2.31. The van der Waals surface area contributed by atoms with Crippen molar-refractivity contribution in [3.63, 3.8) is 0 Å². The van der Waals surface area contributed by atoms with Crippen LogP contribution in [0, 0.1) is 6.92 Å². The standard InChI is InChI=1S/C34H44N6O4/c1-25-19-27-29(21-30(25)43-17-9-15-38-11-5-3-6-12-38)37-24-40(34(27)41)33-26-20-31(42-2)32(22-28(26)35-23-36-33)44-18-10-16-39-13-7-4-8-14-39/h19-24H,3-18H2,1-2H3. The molecular formula is C34H44N6O4. The molecule has 2 aromatic carbocycles. The minimum Gasteiger partial charge on any atom is -0.493 e. The Bertz CT molecular complexity index is 1630. The number of aryl methyl sites for hydroxylation is 1. The van der Waals surface area contributed by atoms with E-state index in [0.29, 0.717) is 52.3 Å². The molecule has 2 fully saturated rings. The highest BCUT2D eigenvalue weighted by Crippen LogP contribution is 2.33. The van der Waals surface area contributed by atoms with Crippen LogP contribution < -0.4 is 19.8 Å². The van der Waals surface area contributed by atoms with Gasteiger partial charge in [-0.3, -0.25) is 4.79 Å². The molecule has 2 aliphatic heterocycles. The predicted octanol–water partition coefficient (Wildman–Crippen LogP) is 5.16. The molecule has 0 N–H and O–H groups in total. The summed E-state index contributed by atoms with van der Waals surface area (Å²) in [5.74, 6) is 2.42. The van der Waals surface area contributed by atoms with Gasteiger partial charge >= 0.3 is 0 Å². The normalized spacial score (nSPS) is 16.4. The predicted molar refractivity (Wildman–Crippen MR) is 173 cm³/mol. The van der Waals surface area contributed by atoms with Crippen molar-refractivity contribution in [1.29, 1.82) is 0 Å². The number of methoxy groups -OCH3 is 1. The molecule has 4 aromatic rings. The number of benzene rings is 2. The maximum atomic E-state index is 13.8. The van der Waals surface area contributed by atoms with Gasteiger partial charge in [-0.05, 0) is 89.3 Å². The lowest BCUT2D eigenvalue weighted by atomic mass is 10.1. The van der Waals surface area contributed by atoms with Crippen molar-refractivity contribution >= 4 is 21.8 Å². The van der Waals surface area contributed by atoms with E-state index in [1.165, 1.54) is 81.9 Å². The van der Waals surface area contributed by atoms with Gasteiger partial charge in [-0.2, -0.15) is 0 Å². The smallest absolute Gasteiger partial charge is 0.266 e. The Labute approximate surface area is 259 Å². The first-order valence-electron chi connectivity index (χ1n) is 16.2. The van der Waals surface area contributed by atoms with Crippen LogP contribution in [-0.2, 0) is 0 Å². The Morgan fingerprint density at radius 1 is 0.705 bits per heavy atom. The zero-order chi connectivity index (χ0) is 30.3. The van der Waals surface area contributed by atoms with E-state index >= 15 is 0 Å². The van der Waals surface area contributed by atoms with Crippen molar-refractivity contribution in [1.82, 2.24) is 29.3 Å². The highest BCUT2D eigenvalue weighted by Gasteiger charge is 2.17. The molecule has 44 heavy (non-hydrogen) atoms. The summed E-state index contributed by atoms with van der Waals surface area (Å²) < 4.78 is 19.4. The molecule has 0 radical (unpaired) electrons. The fourth-order valence-electron chi connectivity index (χ4n) is 6.39. The van der Waals surface area contributed by atoms with Crippen molar-refractivity contribution in [3.05, 3.63) is 52.8 Å². The van der Waals surface area contributed by atoms with Gasteiger partial charge in [-0.15, -0.1) is 0 Å². The second-order valence-corrected chi connectivity index (χ2v) is 12.0. The topological polar surface area (TPSA) is 94.8 Å². The second-order valence-electron chi connectivity index (χ2n) is 12.0. The molecule has 10 heteroatoms. The number of aromatic nitrogens is 4. The Hall–Kier alpha value is -3.76.